The molecule has 106 valence electrons. The van der Waals surface area contributed by atoms with Gasteiger partial charge in [-0.15, -0.1) is 16.9 Å². The number of benzene rings is 1. The summed E-state index contributed by atoms with van der Waals surface area (Å²) in [5.41, 5.74) is 0. The number of hydrogen-bond acceptors (Lipinski definition) is 4. The number of carbonyl (C=O) groups is 1. The van der Waals surface area contributed by atoms with E-state index in [9.17, 15) is 4.79 Å². The van der Waals surface area contributed by atoms with Gasteiger partial charge in [-0.1, -0.05) is 25.1 Å². The summed E-state index contributed by atoms with van der Waals surface area (Å²) in [6.07, 6.45) is 1.79. The topological polar surface area (TPSA) is 70.7 Å². The van der Waals surface area contributed by atoms with Crippen molar-refractivity contribution in [3.8, 4) is 0 Å². The molecule has 1 heterocycles. The highest BCUT2D eigenvalue weighted by Crippen LogP contribution is 2.15. The number of hydrogen-bond donors (Lipinski definition) is 2. The molecule has 0 fully saturated rings. The van der Waals surface area contributed by atoms with Crippen LogP contribution in [0.15, 0.2) is 35.2 Å². The summed E-state index contributed by atoms with van der Waals surface area (Å²) < 4.78 is 0. The van der Waals surface area contributed by atoms with Gasteiger partial charge in [0, 0.05) is 23.6 Å². The second kappa shape index (κ2) is 7.69. The Labute approximate surface area is 122 Å². The summed E-state index contributed by atoms with van der Waals surface area (Å²) in [5.74, 6) is 1.58. The van der Waals surface area contributed by atoms with Crippen LogP contribution in [-0.4, -0.2) is 33.4 Å². The zero-order chi connectivity index (χ0) is 14.2. The van der Waals surface area contributed by atoms with Crippen molar-refractivity contribution in [2.45, 2.75) is 24.7 Å². The normalized spacial score (nSPS) is 10.4. The van der Waals surface area contributed by atoms with Crippen LogP contribution in [0.1, 0.15) is 29.8 Å². The SMILES string of the molecule is CCCc1nc(C(=O)NCCSc2ccccc2)n[nH]1. The number of carbonyl (C=O) groups excluding carboxylic acids is 1. The summed E-state index contributed by atoms with van der Waals surface area (Å²) in [4.78, 5) is 17.2. The lowest BCUT2D eigenvalue weighted by molar-refractivity contribution is 0.0946. The molecule has 0 bridgehead atoms. The number of nitrogens with zero attached hydrogens (tertiary/aromatic N) is 2. The molecule has 1 amide bonds. The molecule has 0 aliphatic heterocycles. The van der Waals surface area contributed by atoms with Gasteiger partial charge < -0.3 is 5.32 Å². The van der Waals surface area contributed by atoms with Gasteiger partial charge in [0.25, 0.3) is 5.91 Å². The number of rotatable bonds is 7. The average Bonchev–Trinajstić information content (AvgIpc) is 2.94. The summed E-state index contributed by atoms with van der Waals surface area (Å²) in [6.45, 7) is 2.65. The molecule has 0 aliphatic rings. The van der Waals surface area contributed by atoms with Crippen molar-refractivity contribution in [1.29, 1.82) is 0 Å². The Morgan fingerprint density at radius 2 is 2.15 bits per heavy atom. The van der Waals surface area contributed by atoms with Crippen LogP contribution in [0.25, 0.3) is 0 Å². The first kappa shape index (κ1) is 14.6. The Hall–Kier alpha value is -1.82. The lowest BCUT2D eigenvalue weighted by Gasteiger charge is -2.02. The molecule has 20 heavy (non-hydrogen) atoms. The highest BCUT2D eigenvalue weighted by Gasteiger charge is 2.11. The second-order valence-electron chi connectivity index (χ2n) is 4.27. The van der Waals surface area contributed by atoms with E-state index in [-0.39, 0.29) is 11.7 Å². The van der Waals surface area contributed by atoms with E-state index in [0.717, 1.165) is 24.4 Å². The van der Waals surface area contributed by atoms with E-state index in [1.807, 2.05) is 18.2 Å². The number of amides is 1. The lowest BCUT2D eigenvalue weighted by atomic mass is 10.3. The summed E-state index contributed by atoms with van der Waals surface area (Å²) in [6, 6.07) is 10.1. The van der Waals surface area contributed by atoms with Gasteiger partial charge in [0.2, 0.25) is 5.82 Å². The first-order valence-electron chi connectivity index (χ1n) is 6.67. The van der Waals surface area contributed by atoms with Crippen LogP contribution in [0.4, 0.5) is 0 Å². The number of aromatic nitrogens is 3. The van der Waals surface area contributed by atoms with Crippen LogP contribution in [0.5, 0.6) is 0 Å². The maximum absolute atomic E-state index is 11.8. The van der Waals surface area contributed by atoms with Gasteiger partial charge >= 0.3 is 0 Å². The van der Waals surface area contributed by atoms with E-state index in [2.05, 4.69) is 39.6 Å². The zero-order valence-corrected chi connectivity index (χ0v) is 12.2. The van der Waals surface area contributed by atoms with E-state index in [1.165, 1.54) is 4.90 Å². The zero-order valence-electron chi connectivity index (χ0n) is 11.4. The number of nitrogens with one attached hydrogen (secondary N) is 2. The van der Waals surface area contributed by atoms with Crippen LogP contribution in [0.3, 0.4) is 0 Å². The molecule has 1 aromatic carbocycles. The third kappa shape index (κ3) is 4.38. The molecule has 1 aromatic heterocycles. The quantitative estimate of drug-likeness (QED) is 0.606. The Morgan fingerprint density at radius 3 is 2.90 bits per heavy atom. The molecule has 0 atom stereocenters. The fraction of sp³-hybridized carbons (Fsp3) is 0.357. The maximum atomic E-state index is 11.8. The van der Waals surface area contributed by atoms with Gasteiger partial charge in [-0.3, -0.25) is 9.89 Å². The summed E-state index contributed by atoms with van der Waals surface area (Å²) >= 11 is 1.71. The van der Waals surface area contributed by atoms with Crippen LogP contribution in [0.2, 0.25) is 0 Å². The average molecular weight is 290 g/mol. The highest BCUT2D eigenvalue weighted by atomic mass is 32.2. The molecule has 2 aromatic rings. The second-order valence-corrected chi connectivity index (χ2v) is 5.44. The van der Waals surface area contributed by atoms with Crippen LogP contribution < -0.4 is 5.32 Å². The lowest BCUT2D eigenvalue weighted by Crippen LogP contribution is -2.26. The first-order chi connectivity index (χ1) is 9.79. The van der Waals surface area contributed by atoms with Crippen molar-refractivity contribution in [3.05, 3.63) is 42.0 Å². The minimum atomic E-state index is -0.225. The smallest absolute Gasteiger partial charge is 0.290 e. The third-order valence-corrected chi connectivity index (χ3v) is 3.63. The van der Waals surface area contributed by atoms with E-state index in [4.69, 9.17) is 0 Å². The molecule has 2 rings (SSSR count). The predicted molar refractivity (Wildman–Crippen MR) is 79.9 cm³/mol. The van der Waals surface area contributed by atoms with Crippen LogP contribution in [-0.2, 0) is 6.42 Å². The van der Waals surface area contributed by atoms with E-state index < -0.39 is 0 Å². The largest absolute Gasteiger partial charge is 0.348 e. The molecule has 0 saturated heterocycles. The van der Waals surface area contributed by atoms with Crippen molar-refractivity contribution in [2.75, 3.05) is 12.3 Å². The van der Waals surface area contributed by atoms with Crippen LogP contribution >= 0.6 is 11.8 Å². The van der Waals surface area contributed by atoms with E-state index in [1.54, 1.807) is 11.8 Å². The molecular weight excluding hydrogens is 272 g/mol. The molecule has 6 heteroatoms. The minimum absolute atomic E-state index is 0.221. The standard InChI is InChI=1S/C14H18N4OS/c1-2-6-12-16-13(18-17-12)14(19)15-9-10-20-11-7-4-3-5-8-11/h3-5,7-8H,2,6,9-10H2,1H3,(H,15,19)(H,16,17,18). The Morgan fingerprint density at radius 1 is 1.35 bits per heavy atom. The summed E-state index contributed by atoms with van der Waals surface area (Å²) in [7, 11) is 0. The Bertz CT molecular complexity index is 541. The Kier molecular flexibility index (Phi) is 5.61. The number of aryl methyl sites for hydroxylation is 1. The van der Waals surface area contributed by atoms with Crippen LogP contribution in [0, 0.1) is 0 Å². The van der Waals surface area contributed by atoms with Crippen molar-refractivity contribution in [2.24, 2.45) is 0 Å². The van der Waals surface area contributed by atoms with Gasteiger partial charge in [0.1, 0.15) is 5.82 Å². The maximum Gasteiger partial charge on any atom is 0.290 e. The van der Waals surface area contributed by atoms with Crippen molar-refractivity contribution in [1.82, 2.24) is 20.5 Å². The predicted octanol–water partition coefficient (Wildman–Crippen LogP) is 2.28. The number of H-pyrrole nitrogens is 1. The van der Waals surface area contributed by atoms with Gasteiger partial charge in [-0.25, -0.2) is 4.98 Å². The molecule has 2 N–H and O–H groups in total. The van der Waals surface area contributed by atoms with Crippen molar-refractivity contribution < 1.29 is 4.79 Å². The molecule has 0 saturated carbocycles. The number of thioether (sulfide) groups is 1. The first-order valence-corrected chi connectivity index (χ1v) is 7.65. The highest BCUT2D eigenvalue weighted by molar-refractivity contribution is 7.99. The monoisotopic (exact) mass is 290 g/mol. The molecule has 0 radical (unpaired) electrons. The van der Waals surface area contributed by atoms with Crippen molar-refractivity contribution in [3.63, 3.8) is 0 Å². The molecular formula is C14H18N4OS. The van der Waals surface area contributed by atoms with Gasteiger partial charge in [-0.2, -0.15) is 0 Å². The molecule has 5 nitrogen and oxygen atoms in total. The molecule has 0 spiro atoms. The van der Waals surface area contributed by atoms with E-state index in [0.29, 0.717) is 6.54 Å². The Balaban J connectivity index is 1.72. The van der Waals surface area contributed by atoms with Gasteiger partial charge in [0.15, 0.2) is 0 Å². The molecule has 0 aliphatic carbocycles. The molecule has 0 unspecified atom stereocenters. The fourth-order valence-electron chi connectivity index (χ4n) is 1.67. The van der Waals surface area contributed by atoms with Gasteiger partial charge in [-0.05, 0) is 18.6 Å². The van der Waals surface area contributed by atoms with Crippen molar-refractivity contribution >= 4 is 17.7 Å². The number of aromatic amines is 1. The fourth-order valence-corrected chi connectivity index (χ4v) is 2.46. The third-order valence-electron chi connectivity index (χ3n) is 2.62. The minimum Gasteiger partial charge on any atom is -0.348 e. The van der Waals surface area contributed by atoms with Gasteiger partial charge in [0.05, 0.1) is 0 Å². The summed E-state index contributed by atoms with van der Waals surface area (Å²) in [5, 5.41) is 9.51. The van der Waals surface area contributed by atoms with E-state index >= 15 is 0 Å².